The smallest absolute Gasteiger partial charge is 0.292 e. The molecule has 32 heavy (non-hydrogen) atoms. The Labute approximate surface area is 185 Å². The Balaban J connectivity index is 1.63. The fourth-order valence-corrected chi connectivity index (χ4v) is 3.82. The molecule has 1 aromatic carbocycles. The van der Waals surface area contributed by atoms with Gasteiger partial charge in [-0.05, 0) is 55.9 Å². The van der Waals surface area contributed by atoms with E-state index in [9.17, 15) is 22.0 Å². The van der Waals surface area contributed by atoms with Crippen LogP contribution in [0.15, 0.2) is 53.9 Å². The van der Waals surface area contributed by atoms with Crippen LogP contribution < -0.4 is 10.1 Å². The number of carbonyl (C=O) groups excluding carboxylic acids is 1. The first-order chi connectivity index (χ1) is 15.1. The Bertz CT molecular complexity index is 1130. The van der Waals surface area contributed by atoms with Gasteiger partial charge in [-0.15, -0.1) is 0 Å². The number of para-hydroxylation sites is 1. The highest BCUT2D eigenvalue weighted by atomic mass is 32.2. The first-order valence-corrected chi connectivity index (χ1v) is 12.4. The number of benzene rings is 1. The predicted octanol–water partition coefficient (Wildman–Crippen LogP) is 4.44. The summed E-state index contributed by atoms with van der Waals surface area (Å²) in [6.45, 7) is 0. The van der Waals surface area contributed by atoms with Crippen LogP contribution in [0.25, 0.3) is 0 Å². The zero-order valence-corrected chi connectivity index (χ0v) is 18.3. The van der Waals surface area contributed by atoms with Crippen LogP contribution in [-0.2, 0) is 15.8 Å². The maximum Gasteiger partial charge on any atom is 0.292 e. The molecule has 1 heterocycles. The van der Waals surface area contributed by atoms with Crippen molar-refractivity contribution in [1.29, 1.82) is 0 Å². The van der Waals surface area contributed by atoms with Crippen molar-refractivity contribution in [2.24, 2.45) is 11.8 Å². The van der Waals surface area contributed by atoms with Gasteiger partial charge in [0.05, 0.1) is 6.04 Å². The maximum absolute atomic E-state index is 14.6. The van der Waals surface area contributed by atoms with Gasteiger partial charge in [0.2, 0.25) is 5.88 Å². The molecule has 2 fully saturated rings. The van der Waals surface area contributed by atoms with Crippen LogP contribution in [0.1, 0.15) is 41.7 Å². The predicted molar refractivity (Wildman–Crippen MR) is 115 cm³/mol. The Morgan fingerprint density at radius 1 is 1.16 bits per heavy atom. The van der Waals surface area contributed by atoms with E-state index >= 15 is 0 Å². The lowest BCUT2D eigenvalue weighted by Gasteiger charge is -2.19. The van der Waals surface area contributed by atoms with Crippen molar-refractivity contribution in [3.63, 3.8) is 0 Å². The van der Waals surface area contributed by atoms with E-state index in [4.69, 9.17) is 4.74 Å². The van der Waals surface area contributed by atoms with E-state index in [1.165, 1.54) is 12.1 Å². The third-order valence-electron chi connectivity index (χ3n) is 5.45. The molecular weight excluding hydrogens is 438 g/mol. The molecule has 1 N–H and O–H groups in total. The number of aromatic nitrogens is 1. The number of alkyl halides is 2. The Hall–Kier alpha value is -2.81. The number of hydrogen-bond acceptors (Lipinski definition) is 5. The normalized spacial score (nSPS) is 17.8. The summed E-state index contributed by atoms with van der Waals surface area (Å²) in [6, 6.07) is 10.4. The van der Waals surface area contributed by atoms with Gasteiger partial charge in [0, 0.05) is 17.6 Å². The van der Waals surface area contributed by atoms with E-state index in [2.05, 4.69) is 10.3 Å². The minimum atomic E-state index is -3.35. The monoisotopic (exact) mass is 462 g/mol. The van der Waals surface area contributed by atoms with E-state index in [0.29, 0.717) is 18.6 Å². The molecule has 0 radical (unpaired) electrons. The van der Waals surface area contributed by atoms with Gasteiger partial charge >= 0.3 is 0 Å². The fraction of sp³-hybridized carbons (Fsp3) is 0.391. The standard InChI is InChI=1S/C23H24F2N2O4S/c1-32(29,30)14-13-19(15-7-8-15)26-21(28)18-11-12-20(23(24,25)16-9-10-16)27-22(18)31-17-5-3-2-4-6-17/h2-6,11-16,19H,7-10H2,1H3,(H,26,28)/b14-13+/t19-/m1/s1. The molecule has 0 aliphatic heterocycles. The van der Waals surface area contributed by atoms with Crippen molar-refractivity contribution in [2.75, 3.05) is 6.26 Å². The van der Waals surface area contributed by atoms with Gasteiger partial charge in [-0.1, -0.05) is 24.3 Å². The van der Waals surface area contributed by atoms with E-state index in [0.717, 1.165) is 30.6 Å². The van der Waals surface area contributed by atoms with Gasteiger partial charge in [-0.25, -0.2) is 13.4 Å². The number of hydrogen-bond donors (Lipinski definition) is 1. The number of rotatable bonds is 9. The molecule has 6 nitrogen and oxygen atoms in total. The molecule has 1 atom stereocenters. The summed E-state index contributed by atoms with van der Waals surface area (Å²) in [5.74, 6) is -4.15. The number of pyridine rings is 1. The molecule has 1 amide bonds. The van der Waals surface area contributed by atoms with E-state index < -0.39 is 39.3 Å². The van der Waals surface area contributed by atoms with Gasteiger partial charge in [0.1, 0.15) is 17.0 Å². The number of nitrogens with one attached hydrogen (secondary N) is 1. The number of amides is 1. The molecule has 2 aromatic rings. The van der Waals surface area contributed by atoms with Gasteiger partial charge < -0.3 is 10.1 Å². The number of halogens is 2. The third-order valence-corrected chi connectivity index (χ3v) is 6.11. The van der Waals surface area contributed by atoms with Crippen molar-refractivity contribution in [2.45, 2.75) is 37.6 Å². The second-order valence-electron chi connectivity index (χ2n) is 8.36. The van der Waals surface area contributed by atoms with Gasteiger partial charge in [0.15, 0.2) is 9.84 Å². The summed E-state index contributed by atoms with van der Waals surface area (Å²) in [4.78, 5) is 17.1. The van der Waals surface area contributed by atoms with E-state index in [1.54, 1.807) is 30.3 Å². The molecule has 0 saturated heterocycles. The van der Waals surface area contributed by atoms with Crippen molar-refractivity contribution in [3.8, 4) is 11.6 Å². The van der Waals surface area contributed by atoms with Crippen LogP contribution in [0.2, 0.25) is 0 Å². The average Bonchev–Trinajstić information content (AvgIpc) is 3.63. The van der Waals surface area contributed by atoms with Crippen molar-refractivity contribution < 1.29 is 26.7 Å². The van der Waals surface area contributed by atoms with Gasteiger partial charge in [0.25, 0.3) is 11.8 Å². The van der Waals surface area contributed by atoms with Crippen LogP contribution in [0.4, 0.5) is 8.78 Å². The van der Waals surface area contributed by atoms with Crippen LogP contribution in [0.3, 0.4) is 0 Å². The van der Waals surface area contributed by atoms with E-state index in [-0.39, 0.29) is 17.4 Å². The molecule has 0 bridgehead atoms. The summed E-state index contributed by atoms with van der Waals surface area (Å²) in [6.07, 6.45) is 5.10. The Kier molecular flexibility index (Phi) is 6.03. The quantitative estimate of drug-likeness (QED) is 0.595. The minimum Gasteiger partial charge on any atom is -0.438 e. The summed E-state index contributed by atoms with van der Waals surface area (Å²) in [7, 11) is -3.35. The highest BCUT2D eigenvalue weighted by Crippen LogP contribution is 2.49. The van der Waals surface area contributed by atoms with Crippen LogP contribution in [0, 0.1) is 11.8 Å². The SMILES string of the molecule is CS(=O)(=O)/C=C/[C@@H](NC(=O)c1ccc(C(F)(F)C2CC2)nc1Oc1ccccc1)C1CC1. The summed E-state index contributed by atoms with van der Waals surface area (Å²) < 4.78 is 58.0. The topological polar surface area (TPSA) is 85.4 Å². The number of nitrogens with zero attached hydrogens (tertiary/aromatic N) is 1. The summed E-state index contributed by atoms with van der Waals surface area (Å²) >= 11 is 0. The highest BCUT2D eigenvalue weighted by molar-refractivity contribution is 7.93. The molecule has 4 rings (SSSR count). The lowest BCUT2D eigenvalue weighted by atomic mass is 10.1. The molecule has 9 heteroatoms. The fourth-order valence-electron chi connectivity index (χ4n) is 3.37. The minimum absolute atomic E-state index is 0.00241. The van der Waals surface area contributed by atoms with Crippen molar-refractivity contribution in [3.05, 3.63) is 65.2 Å². The molecule has 2 aliphatic rings. The highest BCUT2D eigenvalue weighted by Gasteiger charge is 2.49. The third kappa shape index (κ3) is 5.51. The Morgan fingerprint density at radius 2 is 1.84 bits per heavy atom. The Morgan fingerprint density at radius 3 is 2.44 bits per heavy atom. The van der Waals surface area contributed by atoms with Crippen LogP contribution in [-0.4, -0.2) is 31.6 Å². The molecule has 1 aromatic heterocycles. The first-order valence-electron chi connectivity index (χ1n) is 10.4. The molecular formula is C23H24F2N2O4S. The second kappa shape index (κ2) is 8.61. The zero-order chi connectivity index (χ0) is 22.9. The number of ether oxygens (including phenoxy) is 1. The molecule has 2 aliphatic carbocycles. The van der Waals surface area contributed by atoms with Crippen molar-refractivity contribution >= 4 is 15.7 Å². The number of carbonyl (C=O) groups is 1. The maximum atomic E-state index is 14.6. The van der Waals surface area contributed by atoms with Gasteiger partial charge in [-0.3, -0.25) is 4.79 Å². The zero-order valence-electron chi connectivity index (χ0n) is 17.5. The summed E-state index contributed by atoms with van der Waals surface area (Å²) in [5.41, 5.74) is -0.430. The van der Waals surface area contributed by atoms with Crippen LogP contribution in [0.5, 0.6) is 11.6 Å². The van der Waals surface area contributed by atoms with Gasteiger partial charge in [-0.2, -0.15) is 8.78 Å². The molecule has 2 saturated carbocycles. The number of sulfone groups is 1. The molecule has 0 spiro atoms. The molecule has 170 valence electrons. The lowest BCUT2D eigenvalue weighted by molar-refractivity contribution is -0.0332. The second-order valence-corrected chi connectivity index (χ2v) is 10.3. The lowest BCUT2D eigenvalue weighted by Crippen LogP contribution is -2.35. The van der Waals surface area contributed by atoms with Crippen molar-refractivity contribution in [1.82, 2.24) is 10.3 Å². The molecule has 0 unspecified atom stereocenters. The van der Waals surface area contributed by atoms with Crippen LogP contribution >= 0.6 is 0 Å². The summed E-state index contributed by atoms with van der Waals surface area (Å²) in [5, 5.41) is 3.85. The first kappa shape index (κ1) is 22.4. The van der Waals surface area contributed by atoms with E-state index in [1.807, 2.05) is 0 Å². The average molecular weight is 463 g/mol. The largest absolute Gasteiger partial charge is 0.438 e.